The Labute approximate surface area is 147 Å². The van der Waals surface area contributed by atoms with Crippen LogP contribution in [0.3, 0.4) is 0 Å². The summed E-state index contributed by atoms with van der Waals surface area (Å²) in [5.74, 6) is -0.461. The number of carbonyl (C=O) groups is 1. The van der Waals surface area contributed by atoms with Crippen molar-refractivity contribution in [3.63, 3.8) is 0 Å². The number of hydrogen-bond donors (Lipinski definition) is 2. The molecule has 4 nitrogen and oxygen atoms in total. The van der Waals surface area contributed by atoms with E-state index in [1.54, 1.807) is 19.1 Å². The summed E-state index contributed by atoms with van der Waals surface area (Å²) in [5, 5.41) is 6.11. The predicted octanol–water partition coefficient (Wildman–Crippen LogP) is 3.10. The lowest BCUT2D eigenvalue weighted by Gasteiger charge is -2.23. The van der Waals surface area contributed by atoms with Crippen LogP contribution in [0.25, 0.3) is 0 Å². The van der Waals surface area contributed by atoms with Gasteiger partial charge in [-0.15, -0.1) is 12.4 Å². The van der Waals surface area contributed by atoms with Crippen LogP contribution in [0.15, 0.2) is 42.5 Å². The van der Waals surface area contributed by atoms with Gasteiger partial charge in [-0.05, 0) is 36.2 Å². The van der Waals surface area contributed by atoms with Crippen LogP contribution < -0.4 is 15.5 Å². The zero-order valence-corrected chi connectivity index (χ0v) is 14.3. The Balaban J connectivity index is 0.00000208. The highest BCUT2D eigenvalue weighted by Gasteiger charge is 2.17. The molecule has 0 radical (unpaired) electrons. The van der Waals surface area contributed by atoms with E-state index in [0.29, 0.717) is 11.3 Å². The van der Waals surface area contributed by atoms with E-state index in [0.717, 1.165) is 25.3 Å². The molecule has 0 aromatic heterocycles. The minimum absolute atomic E-state index is 0. The third-order valence-corrected chi connectivity index (χ3v) is 4.00. The van der Waals surface area contributed by atoms with Gasteiger partial charge in [-0.25, -0.2) is 4.39 Å². The molecule has 3 rings (SSSR count). The molecule has 0 spiro atoms. The van der Waals surface area contributed by atoms with Crippen LogP contribution in [0.2, 0.25) is 0 Å². The number of benzene rings is 2. The van der Waals surface area contributed by atoms with Gasteiger partial charge < -0.3 is 15.5 Å². The first-order valence-corrected chi connectivity index (χ1v) is 7.73. The van der Waals surface area contributed by atoms with E-state index in [1.165, 1.54) is 11.6 Å². The Bertz CT molecular complexity index is 723. The third-order valence-electron chi connectivity index (χ3n) is 4.00. The second-order valence-electron chi connectivity index (χ2n) is 5.74. The highest BCUT2D eigenvalue weighted by Crippen LogP contribution is 2.22. The number of rotatable bonds is 3. The number of nitrogens with zero attached hydrogens (tertiary/aromatic N) is 1. The number of fused-ring (bicyclic) bond motifs is 1. The van der Waals surface area contributed by atoms with Crippen molar-refractivity contribution in [3.05, 3.63) is 59.4 Å². The van der Waals surface area contributed by atoms with Gasteiger partial charge in [0.2, 0.25) is 5.91 Å². The van der Waals surface area contributed by atoms with E-state index in [1.807, 2.05) is 18.2 Å². The molecular formula is C18H21ClFN3O. The summed E-state index contributed by atoms with van der Waals surface area (Å²) >= 11 is 0. The minimum Gasteiger partial charge on any atom is -0.361 e. The summed E-state index contributed by atoms with van der Waals surface area (Å²) in [7, 11) is 0. The van der Waals surface area contributed by atoms with E-state index < -0.39 is 0 Å². The Morgan fingerprint density at radius 3 is 2.88 bits per heavy atom. The molecule has 0 saturated carbocycles. The summed E-state index contributed by atoms with van der Waals surface area (Å²) in [6.45, 7) is 4.32. The molecule has 0 atom stereocenters. The summed E-state index contributed by atoms with van der Waals surface area (Å²) in [6, 6.07) is 12.8. The summed E-state index contributed by atoms with van der Waals surface area (Å²) in [5.41, 5.74) is 3.30. The average molecular weight is 350 g/mol. The molecule has 0 unspecified atom stereocenters. The molecule has 0 aliphatic carbocycles. The van der Waals surface area contributed by atoms with Crippen LogP contribution in [0.1, 0.15) is 11.1 Å². The molecule has 2 aromatic rings. The molecule has 0 bridgehead atoms. The number of para-hydroxylation sites is 1. The highest BCUT2D eigenvalue weighted by atomic mass is 35.5. The lowest BCUT2D eigenvalue weighted by molar-refractivity contribution is -0.115. The highest BCUT2D eigenvalue weighted by molar-refractivity contribution is 5.94. The van der Waals surface area contributed by atoms with Crippen LogP contribution in [0.5, 0.6) is 0 Å². The smallest absolute Gasteiger partial charge is 0.243 e. The van der Waals surface area contributed by atoms with Gasteiger partial charge in [0.1, 0.15) is 5.82 Å². The standard InChI is InChI=1S/C18H20FN3O.ClH/c1-13-6-7-15(10-16(13)19)21-18(23)12-22-9-8-20-11-14-4-2-3-5-17(14)22;/h2-7,10,20H,8-9,11-12H2,1H3,(H,21,23);1H. The lowest BCUT2D eigenvalue weighted by atomic mass is 10.1. The molecule has 1 heterocycles. The first-order valence-electron chi connectivity index (χ1n) is 7.73. The molecule has 1 aliphatic heterocycles. The van der Waals surface area contributed by atoms with Crippen molar-refractivity contribution in [2.24, 2.45) is 0 Å². The van der Waals surface area contributed by atoms with E-state index in [-0.39, 0.29) is 30.7 Å². The van der Waals surface area contributed by atoms with Crippen LogP contribution in [-0.2, 0) is 11.3 Å². The fourth-order valence-electron chi connectivity index (χ4n) is 2.74. The van der Waals surface area contributed by atoms with Crippen molar-refractivity contribution in [1.82, 2.24) is 5.32 Å². The van der Waals surface area contributed by atoms with E-state index in [2.05, 4.69) is 21.6 Å². The second-order valence-corrected chi connectivity index (χ2v) is 5.74. The molecule has 2 aromatic carbocycles. The Kier molecular flexibility index (Phi) is 6.17. The van der Waals surface area contributed by atoms with E-state index in [4.69, 9.17) is 0 Å². The van der Waals surface area contributed by atoms with Gasteiger partial charge in [-0.1, -0.05) is 24.3 Å². The molecule has 2 N–H and O–H groups in total. The normalized spacial score (nSPS) is 13.5. The molecule has 0 saturated heterocycles. The first kappa shape index (κ1) is 18.2. The molecular weight excluding hydrogens is 329 g/mol. The molecule has 24 heavy (non-hydrogen) atoms. The van der Waals surface area contributed by atoms with Gasteiger partial charge in [-0.2, -0.15) is 0 Å². The van der Waals surface area contributed by atoms with Crippen molar-refractivity contribution in [2.45, 2.75) is 13.5 Å². The van der Waals surface area contributed by atoms with Crippen LogP contribution in [0.4, 0.5) is 15.8 Å². The van der Waals surface area contributed by atoms with Crippen molar-refractivity contribution in [1.29, 1.82) is 0 Å². The monoisotopic (exact) mass is 349 g/mol. The maximum Gasteiger partial charge on any atom is 0.243 e. The number of amides is 1. The summed E-state index contributed by atoms with van der Waals surface area (Å²) in [4.78, 5) is 14.4. The minimum atomic E-state index is -0.313. The van der Waals surface area contributed by atoms with Crippen molar-refractivity contribution < 1.29 is 9.18 Å². The summed E-state index contributed by atoms with van der Waals surface area (Å²) < 4.78 is 13.6. The van der Waals surface area contributed by atoms with Gasteiger partial charge >= 0.3 is 0 Å². The maximum absolute atomic E-state index is 13.6. The molecule has 1 aliphatic rings. The van der Waals surface area contributed by atoms with Crippen molar-refractivity contribution in [2.75, 3.05) is 29.9 Å². The molecule has 1 amide bonds. The molecule has 128 valence electrons. The number of nitrogens with one attached hydrogen (secondary N) is 2. The first-order chi connectivity index (χ1) is 11.1. The van der Waals surface area contributed by atoms with Crippen LogP contribution in [0, 0.1) is 12.7 Å². The number of halogens is 2. The largest absolute Gasteiger partial charge is 0.361 e. The molecule has 0 fully saturated rings. The van der Waals surface area contributed by atoms with E-state index >= 15 is 0 Å². The fraction of sp³-hybridized carbons (Fsp3) is 0.278. The molecule has 6 heteroatoms. The maximum atomic E-state index is 13.6. The Morgan fingerprint density at radius 1 is 1.29 bits per heavy atom. The number of aryl methyl sites for hydroxylation is 1. The number of anilines is 2. The zero-order chi connectivity index (χ0) is 16.2. The Hall–Kier alpha value is -2.11. The third kappa shape index (κ3) is 4.24. The van der Waals surface area contributed by atoms with Gasteiger partial charge in [-0.3, -0.25) is 4.79 Å². The fourth-order valence-corrected chi connectivity index (χ4v) is 2.74. The zero-order valence-electron chi connectivity index (χ0n) is 13.5. The van der Waals surface area contributed by atoms with Gasteiger partial charge in [0.25, 0.3) is 0 Å². The van der Waals surface area contributed by atoms with Crippen molar-refractivity contribution >= 4 is 29.7 Å². The van der Waals surface area contributed by atoms with Crippen LogP contribution in [-0.4, -0.2) is 25.5 Å². The summed E-state index contributed by atoms with van der Waals surface area (Å²) in [6.07, 6.45) is 0. The average Bonchev–Trinajstić information content (AvgIpc) is 2.74. The van der Waals surface area contributed by atoms with Gasteiger partial charge in [0.05, 0.1) is 6.54 Å². The predicted molar refractivity (Wildman–Crippen MR) is 97.4 cm³/mol. The SMILES string of the molecule is Cc1ccc(NC(=O)CN2CCNCc3ccccc32)cc1F.Cl. The topological polar surface area (TPSA) is 44.4 Å². The lowest BCUT2D eigenvalue weighted by Crippen LogP contribution is -2.36. The second kappa shape index (κ2) is 8.13. The Morgan fingerprint density at radius 2 is 2.08 bits per heavy atom. The van der Waals surface area contributed by atoms with Crippen molar-refractivity contribution in [3.8, 4) is 0 Å². The van der Waals surface area contributed by atoms with Crippen LogP contribution >= 0.6 is 12.4 Å². The number of carbonyl (C=O) groups excluding carboxylic acids is 1. The van der Waals surface area contributed by atoms with Gasteiger partial charge in [0, 0.05) is 31.0 Å². The van der Waals surface area contributed by atoms with Gasteiger partial charge in [0.15, 0.2) is 0 Å². The van der Waals surface area contributed by atoms with E-state index in [9.17, 15) is 9.18 Å². The number of hydrogen-bond acceptors (Lipinski definition) is 3. The quantitative estimate of drug-likeness (QED) is 0.895.